The van der Waals surface area contributed by atoms with Crippen LogP contribution in [0.2, 0.25) is 0 Å². The molecule has 106 valence electrons. The zero-order valence-electron chi connectivity index (χ0n) is 11.7. The standard InChI is InChI=1S/C16H18O4/c1-10-6-3-4-7-11(10)13-12-8-5-9-16(12,14(17)19-2)15(18)20-13/h3-4,6-7,12-13H,5,8-9H2,1-2H3/t12-,13-,16-/m0/s1. The van der Waals surface area contributed by atoms with Crippen LogP contribution in [-0.2, 0) is 19.1 Å². The normalized spacial score (nSPS) is 31.8. The van der Waals surface area contributed by atoms with Crippen LogP contribution in [0.4, 0.5) is 0 Å². The second-order valence-electron chi connectivity index (χ2n) is 5.64. The van der Waals surface area contributed by atoms with Gasteiger partial charge in [0.05, 0.1) is 7.11 Å². The number of carbonyl (C=O) groups excluding carboxylic acids is 2. The summed E-state index contributed by atoms with van der Waals surface area (Å²) < 4.78 is 10.5. The topological polar surface area (TPSA) is 52.6 Å². The molecule has 1 heterocycles. The maximum absolute atomic E-state index is 12.4. The fourth-order valence-electron chi connectivity index (χ4n) is 3.70. The summed E-state index contributed by atoms with van der Waals surface area (Å²) >= 11 is 0. The van der Waals surface area contributed by atoms with E-state index >= 15 is 0 Å². The summed E-state index contributed by atoms with van der Waals surface area (Å²) in [4.78, 5) is 24.5. The van der Waals surface area contributed by atoms with E-state index in [1.54, 1.807) is 0 Å². The smallest absolute Gasteiger partial charge is 0.324 e. The fourth-order valence-corrected chi connectivity index (χ4v) is 3.70. The van der Waals surface area contributed by atoms with Gasteiger partial charge in [-0.3, -0.25) is 9.59 Å². The molecule has 3 atom stereocenters. The third-order valence-corrected chi connectivity index (χ3v) is 4.73. The van der Waals surface area contributed by atoms with Crippen molar-refractivity contribution in [2.75, 3.05) is 7.11 Å². The summed E-state index contributed by atoms with van der Waals surface area (Å²) in [7, 11) is 1.33. The number of cyclic esters (lactones) is 1. The van der Waals surface area contributed by atoms with Crippen LogP contribution in [0.1, 0.15) is 36.5 Å². The molecule has 1 aromatic rings. The molecule has 0 spiro atoms. The van der Waals surface area contributed by atoms with Crippen LogP contribution in [0.3, 0.4) is 0 Å². The number of esters is 2. The van der Waals surface area contributed by atoms with Crippen LogP contribution >= 0.6 is 0 Å². The maximum Gasteiger partial charge on any atom is 0.324 e. The van der Waals surface area contributed by atoms with Gasteiger partial charge >= 0.3 is 11.9 Å². The zero-order chi connectivity index (χ0) is 14.3. The van der Waals surface area contributed by atoms with Gasteiger partial charge in [0, 0.05) is 5.92 Å². The molecule has 3 rings (SSSR count). The number of methoxy groups -OCH3 is 1. The van der Waals surface area contributed by atoms with Crippen molar-refractivity contribution in [3.63, 3.8) is 0 Å². The first-order valence-electron chi connectivity index (χ1n) is 6.96. The highest BCUT2D eigenvalue weighted by Gasteiger charge is 2.65. The molecule has 2 fully saturated rings. The van der Waals surface area contributed by atoms with Gasteiger partial charge in [-0.05, 0) is 30.9 Å². The number of hydrogen-bond donors (Lipinski definition) is 0. The summed E-state index contributed by atoms with van der Waals surface area (Å²) in [6.07, 6.45) is 1.88. The molecule has 0 bridgehead atoms. The van der Waals surface area contributed by atoms with Crippen LogP contribution in [0.15, 0.2) is 24.3 Å². The van der Waals surface area contributed by atoms with E-state index in [1.165, 1.54) is 7.11 Å². The van der Waals surface area contributed by atoms with Crippen molar-refractivity contribution < 1.29 is 19.1 Å². The molecule has 4 heteroatoms. The molecule has 4 nitrogen and oxygen atoms in total. The third-order valence-electron chi connectivity index (χ3n) is 4.73. The highest BCUT2D eigenvalue weighted by molar-refractivity contribution is 6.02. The van der Waals surface area contributed by atoms with Gasteiger partial charge in [-0.1, -0.05) is 30.7 Å². The summed E-state index contributed by atoms with van der Waals surface area (Å²) in [6, 6.07) is 7.86. The van der Waals surface area contributed by atoms with Gasteiger partial charge in [-0.2, -0.15) is 0 Å². The van der Waals surface area contributed by atoms with E-state index in [0.29, 0.717) is 6.42 Å². The number of ether oxygens (including phenoxy) is 2. The monoisotopic (exact) mass is 274 g/mol. The molecule has 0 aromatic heterocycles. The second kappa shape index (κ2) is 4.62. The minimum atomic E-state index is -1.08. The molecule has 1 aromatic carbocycles. The summed E-state index contributed by atoms with van der Waals surface area (Å²) in [5, 5.41) is 0. The van der Waals surface area contributed by atoms with Crippen molar-refractivity contribution in [3.05, 3.63) is 35.4 Å². The van der Waals surface area contributed by atoms with Gasteiger partial charge in [-0.25, -0.2) is 0 Å². The number of hydrogen-bond acceptors (Lipinski definition) is 4. The first-order chi connectivity index (χ1) is 9.61. The molecule has 2 aliphatic rings. The van der Waals surface area contributed by atoms with Crippen LogP contribution in [0.5, 0.6) is 0 Å². The average Bonchev–Trinajstić information content (AvgIpc) is 2.99. The molecule has 0 N–H and O–H groups in total. The first-order valence-corrected chi connectivity index (χ1v) is 6.96. The number of carbonyl (C=O) groups is 2. The third kappa shape index (κ3) is 1.60. The Labute approximate surface area is 118 Å². The van der Waals surface area contributed by atoms with Crippen LogP contribution in [0.25, 0.3) is 0 Å². The van der Waals surface area contributed by atoms with Gasteiger partial charge in [0.2, 0.25) is 0 Å². The lowest BCUT2D eigenvalue weighted by atomic mass is 9.75. The Balaban J connectivity index is 2.04. The van der Waals surface area contributed by atoms with Crippen molar-refractivity contribution in [2.24, 2.45) is 11.3 Å². The Morgan fingerprint density at radius 2 is 2.15 bits per heavy atom. The fraction of sp³-hybridized carbons (Fsp3) is 0.500. The quantitative estimate of drug-likeness (QED) is 0.614. The zero-order valence-corrected chi connectivity index (χ0v) is 11.7. The Bertz CT molecular complexity index is 565. The lowest BCUT2D eigenvalue weighted by Gasteiger charge is -2.23. The Morgan fingerprint density at radius 3 is 2.85 bits per heavy atom. The van der Waals surface area contributed by atoms with Crippen molar-refractivity contribution in [3.8, 4) is 0 Å². The predicted molar refractivity (Wildman–Crippen MR) is 71.8 cm³/mol. The van der Waals surface area contributed by atoms with Crippen molar-refractivity contribution in [1.29, 1.82) is 0 Å². The lowest BCUT2D eigenvalue weighted by molar-refractivity contribution is -0.163. The van der Waals surface area contributed by atoms with Gasteiger partial charge in [0.25, 0.3) is 0 Å². The number of benzene rings is 1. The van der Waals surface area contributed by atoms with Gasteiger partial charge in [0.1, 0.15) is 6.10 Å². The molecule has 20 heavy (non-hydrogen) atoms. The number of rotatable bonds is 2. The van der Waals surface area contributed by atoms with Crippen molar-refractivity contribution in [2.45, 2.75) is 32.3 Å². The molecule has 1 saturated carbocycles. The summed E-state index contributed by atoms with van der Waals surface area (Å²) in [6.45, 7) is 2.00. The molecule has 0 amide bonds. The highest BCUT2D eigenvalue weighted by Crippen LogP contribution is 2.57. The van der Waals surface area contributed by atoms with Gasteiger partial charge in [-0.15, -0.1) is 0 Å². The molecule has 0 unspecified atom stereocenters. The Kier molecular flexibility index (Phi) is 3.04. The average molecular weight is 274 g/mol. The molecule has 1 aliphatic carbocycles. The molecule has 1 saturated heterocycles. The largest absolute Gasteiger partial charge is 0.468 e. The first kappa shape index (κ1) is 13.2. The van der Waals surface area contributed by atoms with Crippen LogP contribution in [-0.4, -0.2) is 19.0 Å². The van der Waals surface area contributed by atoms with Crippen molar-refractivity contribution in [1.82, 2.24) is 0 Å². The SMILES string of the molecule is COC(=O)[C@]12CCC[C@H]1[C@H](c1ccccc1C)OC2=O. The van der Waals surface area contributed by atoms with E-state index < -0.39 is 17.4 Å². The van der Waals surface area contributed by atoms with Crippen LogP contribution < -0.4 is 0 Å². The van der Waals surface area contributed by atoms with Gasteiger partial charge in [0.15, 0.2) is 5.41 Å². The van der Waals surface area contributed by atoms with Crippen molar-refractivity contribution >= 4 is 11.9 Å². The maximum atomic E-state index is 12.4. The van der Waals surface area contributed by atoms with E-state index in [2.05, 4.69) is 0 Å². The van der Waals surface area contributed by atoms with E-state index in [-0.39, 0.29) is 12.0 Å². The number of fused-ring (bicyclic) bond motifs is 1. The van der Waals surface area contributed by atoms with E-state index in [9.17, 15) is 9.59 Å². The van der Waals surface area contributed by atoms with E-state index in [0.717, 1.165) is 24.0 Å². The summed E-state index contributed by atoms with van der Waals surface area (Å²) in [5.74, 6) is -0.968. The molecule has 1 aliphatic heterocycles. The molecule has 0 radical (unpaired) electrons. The van der Waals surface area contributed by atoms with Gasteiger partial charge < -0.3 is 9.47 Å². The molecular formula is C16H18O4. The van der Waals surface area contributed by atoms with E-state index in [1.807, 2.05) is 31.2 Å². The minimum absolute atomic E-state index is 0.108. The van der Waals surface area contributed by atoms with E-state index in [4.69, 9.17) is 9.47 Å². The Hall–Kier alpha value is -1.84. The highest BCUT2D eigenvalue weighted by atomic mass is 16.6. The predicted octanol–water partition coefficient (Wildman–Crippen LogP) is 2.55. The lowest BCUT2D eigenvalue weighted by Crippen LogP contribution is -2.39. The Morgan fingerprint density at radius 1 is 1.40 bits per heavy atom. The summed E-state index contributed by atoms with van der Waals surface area (Å²) in [5.41, 5.74) is 0.998. The van der Waals surface area contributed by atoms with Crippen LogP contribution in [0, 0.1) is 18.3 Å². The second-order valence-corrected chi connectivity index (χ2v) is 5.64. The minimum Gasteiger partial charge on any atom is -0.468 e. The number of aryl methyl sites for hydroxylation is 1. The molecular weight excluding hydrogens is 256 g/mol.